The van der Waals surface area contributed by atoms with Gasteiger partial charge in [-0.1, -0.05) is 61.9 Å². The van der Waals surface area contributed by atoms with Crippen molar-refractivity contribution < 1.29 is 4.74 Å². The van der Waals surface area contributed by atoms with E-state index in [1.165, 1.54) is 25.7 Å². The lowest BCUT2D eigenvalue weighted by atomic mass is 10.2. The second-order valence-corrected chi connectivity index (χ2v) is 6.72. The van der Waals surface area contributed by atoms with Gasteiger partial charge in [0.2, 0.25) is 0 Å². The van der Waals surface area contributed by atoms with Crippen molar-refractivity contribution in [2.75, 3.05) is 11.9 Å². The van der Waals surface area contributed by atoms with E-state index in [9.17, 15) is 0 Å². The maximum absolute atomic E-state index is 6.18. The van der Waals surface area contributed by atoms with Crippen LogP contribution in [0.15, 0.2) is 42.5 Å². The fraction of sp³-hybridized carbons (Fsp3) is 0.400. The fourth-order valence-corrected chi connectivity index (χ4v) is 2.90. The molecule has 0 aliphatic rings. The minimum atomic E-state index is 0.653. The molecular weight excluding hydrogens is 341 g/mol. The number of hydrogen-bond donors (Lipinski definition) is 1. The van der Waals surface area contributed by atoms with Crippen molar-refractivity contribution in [2.24, 2.45) is 0 Å². The first-order valence-corrected chi connectivity index (χ1v) is 9.35. The van der Waals surface area contributed by atoms with E-state index in [1.54, 1.807) is 6.07 Å². The highest BCUT2D eigenvalue weighted by Gasteiger charge is 2.02. The second kappa shape index (κ2) is 10.5. The number of nitrogens with one attached hydrogen (secondary N) is 1. The van der Waals surface area contributed by atoms with Gasteiger partial charge in [-0.2, -0.15) is 0 Å². The molecule has 0 aliphatic heterocycles. The number of anilines is 1. The summed E-state index contributed by atoms with van der Waals surface area (Å²) in [6.45, 7) is 3.68. The molecule has 2 aromatic rings. The molecule has 4 heteroatoms. The first-order chi connectivity index (χ1) is 11.7. The van der Waals surface area contributed by atoms with Crippen LogP contribution in [-0.4, -0.2) is 6.61 Å². The van der Waals surface area contributed by atoms with Crippen LogP contribution in [0.4, 0.5) is 5.69 Å². The van der Waals surface area contributed by atoms with Crippen molar-refractivity contribution in [3.63, 3.8) is 0 Å². The molecule has 0 saturated carbocycles. The summed E-state index contributed by atoms with van der Waals surface area (Å²) in [6.07, 6.45) is 6.26. The van der Waals surface area contributed by atoms with Gasteiger partial charge in [-0.3, -0.25) is 0 Å². The highest BCUT2D eigenvalue weighted by molar-refractivity contribution is 6.35. The molecule has 2 rings (SSSR count). The van der Waals surface area contributed by atoms with Gasteiger partial charge in [0.05, 0.1) is 6.61 Å². The number of rotatable bonds is 10. The first kappa shape index (κ1) is 19.0. The molecule has 0 saturated heterocycles. The Morgan fingerprint density at radius 1 is 0.917 bits per heavy atom. The van der Waals surface area contributed by atoms with Crippen LogP contribution in [0.1, 0.15) is 44.6 Å². The van der Waals surface area contributed by atoms with Gasteiger partial charge in [0.1, 0.15) is 5.75 Å². The third-order valence-electron chi connectivity index (χ3n) is 3.87. The normalized spacial score (nSPS) is 10.6. The van der Waals surface area contributed by atoms with Crippen molar-refractivity contribution in [1.82, 2.24) is 0 Å². The number of ether oxygens (including phenoxy) is 1. The zero-order valence-electron chi connectivity index (χ0n) is 14.2. The van der Waals surface area contributed by atoms with E-state index in [4.69, 9.17) is 27.9 Å². The van der Waals surface area contributed by atoms with Gasteiger partial charge in [-0.05, 0) is 48.4 Å². The fourth-order valence-electron chi connectivity index (χ4n) is 2.43. The lowest BCUT2D eigenvalue weighted by Gasteiger charge is -2.10. The summed E-state index contributed by atoms with van der Waals surface area (Å²) < 4.78 is 5.77. The van der Waals surface area contributed by atoms with Gasteiger partial charge in [-0.15, -0.1) is 0 Å². The summed E-state index contributed by atoms with van der Waals surface area (Å²) in [5.74, 6) is 0.917. The third kappa shape index (κ3) is 6.62. The molecule has 130 valence electrons. The second-order valence-electron chi connectivity index (χ2n) is 5.88. The Bertz CT molecular complexity index is 614. The minimum Gasteiger partial charge on any atom is -0.494 e. The van der Waals surface area contributed by atoms with Gasteiger partial charge in [-0.25, -0.2) is 0 Å². The van der Waals surface area contributed by atoms with Crippen molar-refractivity contribution in [3.05, 3.63) is 58.1 Å². The molecule has 0 spiro atoms. The predicted molar refractivity (Wildman–Crippen MR) is 104 cm³/mol. The molecule has 0 fully saturated rings. The maximum Gasteiger partial charge on any atom is 0.119 e. The minimum absolute atomic E-state index is 0.653. The van der Waals surface area contributed by atoms with Crippen LogP contribution in [-0.2, 0) is 6.54 Å². The van der Waals surface area contributed by atoms with Gasteiger partial charge in [0.25, 0.3) is 0 Å². The number of halogens is 2. The Labute approximate surface area is 155 Å². The molecule has 0 radical (unpaired) electrons. The zero-order chi connectivity index (χ0) is 17.2. The molecule has 2 nitrogen and oxygen atoms in total. The average molecular weight is 366 g/mol. The molecule has 2 aromatic carbocycles. The number of unbranched alkanes of at least 4 members (excludes halogenated alkanes) is 4. The number of hydrogen-bond acceptors (Lipinski definition) is 2. The third-order valence-corrected chi connectivity index (χ3v) is 4.46. The highest BCUT2D eigenvalue weighted by atomic mass is 35.5. The number of benzene rings is 2. The van der Waals surface area contributed by atoms with Crippen molar-refractivity contribution >= 4 is 28.9 Å². The summed E-state index contributed by atoms with van der Waals surface area (Å²) in [6, 6.07) is 13.6. The summed E-state index contributed by atoms with van der Waals surface area (Å²) in [5, 5.41) is 4.69. The Morgan fingerprint density at radius 3 is 2.38 bits per heavy atom. The molecule has 24 heavy (non-hydrogen) atoms. The Morgan fingerprint density at radius 2 is 1.67 bits per heavy atom. The Kier molecular flexibility index (Phi) is 8.27. The maximum atomic E-state index is 6.18. The highest BCUT2D eigenvalue weighted by Crippen LogP contribution is 2.22. The average Bonchev–Trinajstić information content (AvgIpc) is 2.58. The van der Waals surface area contributed by atoms with Crippen LogP contribution in [0.2, 0.25) is 10.0 Å². The zero-order valence-corrected chi connectivity index (χ0v) is 15.7. The summed E-state index contributed by atoms with van der Waals surface area (Å²) >= 11 is 12.1. The van der Waals surface area contributed by atoms with Crippen molar-refractivity contribution in [2.45, 2.75) is 45.6 Å². The SMILES string of the molecule is CCCCCCCOc1ccc(NCc2ccc(Cl)cc2Cl)cc1. The molecule has 0 aromatic heterocycles. The van der Waals surface area contributed by atoms with Gasteiger partial charge in [0.15, 0.2) is 0 Å². The van der Waals surface area contributed by atoms with Gasteiger partial charge < -0.3 is 10.1 Å². The van der Waals surface area contributed by atoms with Crippen LogP contribution in [0.5, 0.6) is 5.75 Å². The van der Waals surface area contributed by atoms with Crippen LogP contribution < -0.4 is 10.1 Å². The van der Waals surface area contributed by atoms with Gasteiger partial charge in [0, 0.05) is 22.3 Å². The van der Waals surface area contributed by atoms with Gasteiger partial charge >= 0.3 is 0 Å². The van der Waals surface area contributed by atoms with E-state index in [1.807, 2.05) is 36.4 Å². The van der Waals surface area contributed by atoms with E-state index in [-0.39, 0.29) is 0 Å². The van der Waals surface area contributed by atoms with Crippen LogP contribution >= 0.6 is 23.2 Å². The largest absolute Gasteiger partial charge is 0.494 e. The predicted octanol–water partition coefficient (Wildman–Crippen LogP) is 6.95. The quantitative estimate of drug-likeness (QED) is 0.459. The van der Waals surface area contributed by atoms with Crippen molar-refractivity contribution in [3.8, 4) is 5.75 Å². The van der Waals surface area contributed by atoms with Crippen LogP contribution in [0, 0.1) is 0 Å². The van der Waals surface area contributed by atoms with E-state index in [0.717, 1.165) is 30.0 Å². The van der Waals surface area contributed by atoms with E-state index >= 15 is 0 Å². The Hall–Kier alpha value is -1.38. The Balaban J connectivity index is 1.73. The first-order valence-electron chi connectivity index (χ1n) is 8.59. The molecule has 0 heterocycles. The topological polar surface area (TPSA) is 21.3 Å². The van der Waals surface area contributed by atoms with Crippen molar-refractivity contribution in [1.29, 1.82) is 0 Å². The molecule has 0 bridgehead atoms. The summed E-state index contributed by atoms with van der Waals surface area (Å²) in [5.41, 5.74) is 2.06. The summed E-state index contributed by atoms with van der Waals surface area (Å²) in [4.78, 5) is 0. The smallest absolute Gasteiger partial charge is 0.119 e. The molecule has 1 N–H and O–H groups in total. The molecule has 0 atom stereocenters. The van der Waals surface area contributed by atoms with Crippen LogP contribution in [0.25, 0.3) is 0 Å². The molecule has 0 aliphatic carbocycles. The van der Waals surface area contributed by atoms with Crippen LogP contribution in [0.3, 0.4) is 0 Å². The standard InChI is InChI=1S/C20H25Cl2NO/c1-2-3-4-5-6-13-24-19-11-9-18(10-12-19)23-15-16-7-8-17(21)14-20(16)22/h7-12,14,23H,2-6,13,15H2,1H3. The lowest BCUT2D eigenvalue weighted by molar-refractivity contribution is 0.304. The molecule has 0 unspecified atom stereocenters. The molecule has 0 amide bonds. The van der Waals surface area contributed by atoms with E-state index in [0.29, 0.717) is 16.6 Å². The van der Waals surface area contributed by atoms with E-state index < -0.39 is 0 Å². The monoisotopic (exact) mass is 365 g/mol. The lowest BCUT2D eigenvalue weighted by Crippen LogP contribution is -2.01. The molecular formula is C20H25Cl2NO. The summed E-state index contributed by atoms with van der Waals surface area (Å²) in [7, 11) is 0. The van der Waals surface area contributed by atoms with E-state index in [2.05, 4.69) is 12.2 Å².